The molecular formula is C19H19F3N2O3. The lowest BCUT2D eigenvalue weighted by Crippen LogP contribution is -2.25. The first kappa shape index (κ1) is 19.2. The van der Waals surface area contributed by atoms with E-state index in [1.807, 2.05) is 12.1 Å². The Morgan fingerprint density at radius 1 is 1.11 bits per heavy atom. The van der Waals surface area contributed by atoms with Gasteiger partial charge < -0.3 is 19.1 Å². The van der Waals surface area contributed by atoms with E-state index in [1.165, 1.54) is 6.07 Å². The van der Waals surface area contributed by atoms with Gasteiger partial charge in [-0.25, -0.2) is 4.98 Å². The van der Waals surface area contributed by atoms with Crippen LogP contribution in [0.3, 0.4) is 0 Å². The predicted molar refractivity (Wildman–Crippen MR) is 93.4 cm³/mol. The molecule has 5 nitrogen and oxygen atoms in total. The third kappa shape index (κ3) is 4.58. The molecule has 1 N–H and O–H groups in total. The van der Waals surface area contributed by atoms with Crippen molar-refractivity contribution in [3.05, 3.63) is 59.9 Å². The van der Waals surface area contributed by atoms with Crippen LogP contribution in [0.2, 0.25) is 0 Å². The Hall–Kier alpha value is -2.58. The molecule has 0 amide bonds. The van der Waals surface area contributed by atoms with Gasteiger partial charge in [-0.05, 0) is 29.8 Å². The van der Waals surface area contributed by atoms with Crippen LogP contribution in [0.15, 0.2) is 48.5 Å². The number of alkyl halides is 3. The van der Waals surface area contributed by atoms with Gasteiger partial charge in [-0.15, -0.1) is 0 Å². The molecule has 0 bridgehead atoms. The van der Waals surface area contributed by atoms with Crippen LogP contribution in [0.25, 0.3) is 11.0 Å². The molecule has 1 aromatic heterocycles. The topological polar surface area (TPSA) is 56.5 Å². The summed E-state index contributed by atoms with van der Waals surface area (Å²) < 4.78 is 51.3. The summed E-state index contributed by atoms with van der Waals surface area (Å²) in [5.74, 6) is -0.316. The van der Waals surface area contributed by atoms with Crippen molar-refractivity contribution in [3.8, 4) is 5.75 Å². The number of imidazole rings is 1. The number of nitrogens with zero attached hydrogens (tertiary/aromatic N) is 2. The molecule has 8 heteroatoms. The van der Waals surface area contributed by atoms with Crippen LogP contribution in [0.4, 0.5) is 13.2 Å². The summed E-state index contributed by atoms with van der Waals surface area (Å²) in [6.45, 7) is -0.133. The van der Waals surface area contributed by atoms with Crippen LogP contribution in [0, 0.1) is 0 Å². The molecule has 0 unspecified atom stereocenters. The number of halogens is 3. The SMILES string of the molecule is COc1ccc(COC[C@@H](O)Cn2c(C(F)(F)F)nc3ccccc32)cc1. The van der Waals surface area contributed by atoms with E-state index in [0.29, 0.717) is 11.3 Å². The van der Waals surface area contributed by atoms with E-state index >= 15 is 0 Å². The summed E-state index contributed by atoms with van der Waals surface area (Å²) in [6.07, 6.45) is -5.72. The van der Waals surface area contributed by atoms with Crippen LogP contribution in [-0.2, 0) is 24.1 Å². The van der Waals surface area contributed by atoms with E-state index in [9.17, 15) is 18.3 Å². The van der Waals surface area contributed by atoms with Gasteiger partial charge in [-0.2, -0.15) is 13.2 Å². The van der Waals surface area contributed by atoms with Crippen LogP contribution in [0.5, 0.6) is 5.75 Å². The number of hydrogen-bond acceptors (Lipinski definition) is 4. The quantitative estimate of drug-likeness (QED) is 0.680. The number of rotatable bonds is 7. The monoisotopic (exact) mass is 380 g/mol. The fourth-order valence-electron chi connectivity index (χ4n) is 2.77. The predicted octanol–water partition coefficient (Wildman–Crippen LogP) is 3.64. The average molecular weight is 380 g/mol. The minimum Gasteiger partial charge on any atom is -0.497 e. The van der Waals surface area contributed by atoms with Crippen molar-refractivity contribution in [1.29, 1.82) is 0 Å². The second-order valence-electron chi connectivity index (χ2n) is 6.05. The van der Waals surface area contributed by atoms with Crippen molar-refractivity contribution < 1.29 is 27.8 Å². The number of fused-ring (bicyclic) bond motifs is 1. The van der Waals surface area contributed by atoms with Gasteiger partial charge in [0.2, 0.25) is 5.82 Å². The normalized spacial score (nSPS) is 13.1. The first-order valence-corrected chi connectivity index (χ1v) is 8.29. The molecule has 0 saturated heterocycles. The summed E-state index contributed by atoms with van der Waals surface area (Å²) in [7, 11) is 1.57. The molecule has 1 atom stereocenters. The first-order valence-electron chi connectivity index (χ1n) is 8.29. The lowest BCUT2D eigenvalue weighted by molar-refractivity contribution is -0.147. The zero-order valence-electron chi connectivity index (χ0n) is 14.6. The van der Waals surface area contributed by atoms with Crippen molar-refractivity contribution in [1.82, 2.24) is 9.55 Å². The number of aliphatic hydroxyl groups is 1. The van der Waals surface area contributed by atoms with Gasteiger partial charge in [0.25, 0.3) is 0 Å². The van der Waals surface area contributed by atoms with Crippen LogP contribution in [-0.4, -0.2) is 34.5 Å². The molecule has 0 radical (unpaired) electrons. The number of para-hydroxylation sites is 2. The highest BCUT2D eigenvalue weighted by molar-refractivity contribution is 5.76. The molecule has 0 spiro atoms. The molecule has 3 aromatic rings. The Kier molecular flexibility index (Phi) is 5.67. The van der Waals surface area contributed by atoms with Crippen molar-refractivity contribution in [2.75, 3.05) is 13.7 Å². The third-order valence-electron chi connectivity index (χ3n) is 4.04. The maximum Gasteiger partial charge on any atom is 0.449 e. The van der Waals surface area contributed by atoms with Crippen molar-refractivity contribution in [2.45, 2.75) is 25.4 Å². The molecule has 0 aliphatic rings. The maximum atomic E-state index is 13.3. The molecule has 0 aliphatic heterocycles. The summed E-state index contributed by atoms with van der Waals surface area (Å²) in [6, 6.07) is 13.5. The number of aliphatic hydroxyl groups excluding tert-OH is 1. The van der Waals surface area contributed by atoms with Gasteiger partial charge in [0, 0.05) is 0 Å². The van der Waals surface area contributed by atoms with Gasteiger partial charge in [-0.1, -0.05) is 24.3 Å². The van der Waals surface area contributed by atoms with Gasteiger partial charge in [0.1, 0.15) is 5.75 Å². The lowest BCUT2D eigenvalue weighted by atomic mass is 10.2. The van der Waals surface area contributed by atoms with Crippen LogP contribution < -0.4 is 4.74 Å². The van der Waals surface area contributed by atoms with Gasteiger partial charge in [0.05, 0.1) is 44.0 Å². The van der Waals surface area contributed by atoms with E-state index in [-0.39, 0.29) is 25.3 Å². The number of ether oxygens (including phenoxy) is 2. The lowest BCUT2D eigenvalue weighted by Gasteiger charge is -2.16. The van der Waals surface area contributed by atoms with Crippen LogP contribution in [0.1, 0.15) is 11.4 Å². The smallest absolute Gasteiger partial charge is 0.449 e. The fraction of sp³-hybridized carbons (Fsp3) is 0.316. The number of methoxy groups -OCH3 is 1. The minimum absolute atomic E-state index is 0.101. The Balaban J connectivity index is 1.65. The van der Waals surface area contributed by atoms with E-state index in [2.05, 4.69) is 4.98 Å². The van der Waals surface area contributed by atoms with Crippen LogP contribution >= 0.6 is 0 Å². The minimum atomic E-state index is -4.61. The fourth-order valence-corrected chi connectivity index (χ4v) is 2.77. The van der Waals surface area contributed by atoms with Crippen molar-refractivity contribution >= 4 is 11.0 Å². The molecule has 144 valence electrons. The number of aromatic nitrogens is 2. The number of benzene rings is 2. The summed E-state index contributed by atoms with van der Waals surface area (Å²) in [5, 5.41) is 10.2. The molecule has 0 aliphatic carbocycles. The van der Waals surface area contributed by atoms with Crippen molar-refractivity contribution in [3.63, 3.8) is 0 Å². The molecule has 0 saturated carbocycles. The number of hydrogen-bond donors (Lipinski definition) is 1. The Bertz CT molecular complexity index is 891. The van der Waals surface area contributed by atoms with E-state index in [4.69, 9.17) is 9.47 Å². The highest BCUT2D eigenvalue weighted by Gasteiger charge is 2.37. The standard InChI is InChI=1S/C19H19F3N2O3/c1-26-15-8-6-13(7-9-15)11-27-12-14(25)10-24-17-5-3-2-4-16(17)23-18(24)19(20,21)22/h2-9,14,25H,10-12H2,1H3/t14-/m0/s1. The first-order chi connectivity index (χ1) is 12.9. The zero-order valence-corrected chi connectivity index (χ0v) is 14.6. The third-order valence-corrected chi connectivity index (χ3v) is 4.04. The summed E-state index contributed by atoms with van der Waals surface area (Å²) in [5.41, 5.74) is 1.42. The van der Waals surface area contributed by atoms with Gasteiger partial charge in [0.15, 0.2) is 0 Å². The largest absolute Gasteiger partial charge is 0.497 e. The Morgan fingerprint density at radius 3 is 2.48 bits per heavy atom. The second-order valence-corrected chi connectivity index (χ2v) is 6.05. The molecule has 2 aromatic carbocycles. The molecule has 3 rings (SSSR count). The Morgan fingerprint density at radius 2 is 1.81 bits per heavy atom. The average Bonchev–Trinajstić information content (AvgIpc) is 3.01. The highest BCUT2D eigenvalue weighted by atomic mass is 19.4. The van der Waals surface area contributed by atoms with Crippen molar-refractivity contribution in [2.24, 2.45) is 0 Å². The zero-order chi connectivity index (χ0) is 19.4. The van der Waals surface area contributed by atoms with E-state index < -0.39 is 18.1 Å². The molecule has 0 fully saturated rings. The molecule has 1 heterocycles. The molecule has 27 heavy (non-hydrogen) atoms. The van der Waals surface area contributed by atoms with E-state index in [1.54, 1.807) is 37.4 Å². The van der Waals surface area contributed by atoms with Gasteiger partial charge >= 0.3 is 6.18 Å². The summed E-state index contributed by atoms with van der Waals surface area (Å²) in [4.78, 5) is 3.66. The summed E-state index contributed by atoms with van der Waals surface area (Å²) >= 11 is 0. The van der Waals surface area contributed by atoms with E-state index in [0.717, 1.165) is 10.1 Å². The second kappa shape index (κ2) is 7.98. The maximum absolute atomic E-state index is 13.3. The molecular weight excluding hydrogens is 361 g/mol. The Labute approximate surface area is 154 Å². The van der Waals surface area contributed by atoms with Gasteiger partial charge in [-0.3, -0.25) is 0 Å². The highest BCUT2D eigenvalue weighted by Crippen LogP contribution is 2.31.